The Hall–Kier alpha value is -3.60. The third-order valence-corrected chi connectivity index (χ3v) is 6.56. The summed E-state index contributed by atoms with van der Waals surface area (Å²) in [7, 11) is 3.25. The van der Waals surface area contributed by atoms with Crippen LogP contribution in [0.1, 0.15) is 24.0 Å². The van der Waals surface area contributed by atoms with Crippen molar-refractivity contribution in [3.63, 3.8) is 0 Å². The van der Waals surface area contributed by atoms with Gasteiger partial charge in [-0.3, -0.25) is 9.59 Å². The lowest BCUT2D eigenvalue weighted by Gasteiger charge is -2.37. The van der Waals surface area contributed by atoms with E-state index in [0.29, 0.717) is 25.1 Å². The van der Waals surface area contributed by atoms with Gasteiger partial charge >= 0.3 is 0 Å². The summed E-state index contributed by atoms with van der Waals surface area (Å²) in [5.74, 6) is 0.513. The van der Waals surface area contributed by atoms with Crippen molar-refractivity contribution in [2.24, 2.45) is 0 Å². The van der Waals surface area contributed by atoms with Gasteiger partial charge in [0.15, 0.2) is 0 Å². The lowest BCUT2D eigenvalue weighted by molar-refractivity contribution is -0.144. The van der Waals surface area contributed by atoms with Crippen LogP contribution in [0.5, 0.6) is 5.75 Å². The maximum Gasteiger partial charge on any atom is 0.246 e. The maximum absolute atomic E-state index is 13.6. The third kappa shape index (κ3) is 4.49. The highest BCUT2D eigenvalue weighted by molar-refractivity contribution is 5.93. The first kappa shape index (κ1) is 22.6. The molecule has 5 heteroatoms. The van der Waals surface area contributed by atoms with Gasteiger partial charge in [0, 0.05) is 25.6 Å². The first-order valence-corrected chi connectivity index (χ1v) is 11.4. The van der Waals surface area contributed by atoms with Gasteiger partial charge in [0.05, 0.1) is 13.5 Å². The number of rotatable bonds is 7. The fourth-order valence-electron chi connectivity index (χ4n) is 4.97. The molecule has 0 aromatic heterocycles. The second-order valence-electron chi connectivity index (χ2n) is 8.45. The van der Waals surface area contributed by atoms with E-state index in [1.54, 1.807) is 19.1 Å². The van der Waals surface area contributed by atoms with Gasteiger partial charge in [-0.25, -0.2) is 0 Å². The number of ether oxygens (including phenoxy) is 1. The fraction of sp³-hybridized carbons (Fsp3) is 0.286. The number of para-hydroxylation sites is 1. The number of likely N-dealkylation sites (N-methyl/N-ethyl adjacent to an activating group) is 1. The lowest BCUT2D eigenvalue weighted by atomic mass is 9.84. The number of hydrogen-bond donors (Lipinski definition) is 1. The minimum atomic E-state index is -0.918. The number of likely N-dealkylation sites (tertiary alicyclic amines) is 1. The zero-order valence-electron chi connectivity index (χ0n) is 19.2. The van der Waals surface area contributed by atoms with E-state index in [9.17, 15) is 9.59 Å². The summed E-state index contributed by atoms with van der Waals surface area (Å²) in [6.45, 7) is 0.564. The quantitative estimate of drug-likeness (QED) is 0.595. The summed E-state index contributed by atoms with van der Waals surface area (Å²) >= 11 is 0. The van der Waals surface area contributed by atoms with Crippen LogP contribution in [0.25, 0.3) is 11.1 Å². The Morgan fingerprint density at radius 1 is 0.939 bits per heavy atom. The number of nitrogens with zero attached hydrogens (tertiary/aromatic N) is 1. The van der Waals surface area contributed by atoms with Crippen LogP contribution < -0.4 is 10.1 Å². The van der Waals surface area contributed by atoms with Crippen molar-refractivity contribution in [1.82, 2.24) is 10.2 Å². The molecule has 1 heterocycles. The number of hydrogen-bond acceptors (Lipinski definition) is 3. The summed E-state index contributed by atoms with van der Waals surface area (Å²) in [5.41, 5.74) is 3.16. The molecule has 5 nitrogen and oxygen atoms in total. The molecule has 1 atom stereocenters. The van der Waals surface area contributed by atoms with Crippen LogP contribution in [-0.4, -0.2) is 43.0 Å². The Balaban J connectivity index is 1.69. The Kier molecular flexibility index (Phi) is 6.78. The number of methoxy groups -OCH3 is 1. The van der Waals surface area contributed by atoms with Gasteiger partial charge in [0.1, 0.15) is 11.3 Å². The Morgan fingerprint density at radius 2 is 1.61 bits per heavy atom. The van der Waals surface area contributed by atoms with E-state index in [0.717, 1.165) is 28.7 Å². The van der Waals surface area contributed by atoms with Crippen molar-refractivity contribution in [3.05, 3.63) is 90.0 Å². The predicted octanol–water partition coefficient (Wildman–Crippen LogP) is 4.25. The Morgan fingerprint density at radius 3 is 2.33 bits per heavy atom. The molecular weight excluding hydrogens is 412 g/mol. The molecule has 1 aliphatic heterocycles. The summed E-state index contributed by atoms with van der Waals surface area (Å²) in [4.78, 5) is 28.7. The summed E-state index contributed by atoms with van der Waals surface area (Å²) in [6.07, 6.45) is 2.09. The highest BCUT2D eigenvalue weighted by Crippen LogP contribution is 2.37. The highest BCUT2D eigenvalue weighted by atomic mass is 16.5. The number of nitrogens with one attached hydrogen (secondary N) is 1. The number of carbonyl (C=O) groups excluding carboxylic acids is 2. The first-order chi connectivity index (χ1) is 16.1. The molecule has 0 bridgehead atoms. The van der Waals surface area contributed by atoms with E-state index < -0.39 is 5.54 Å². The van der Waals surface area contributed by atoms with E-state index in [1.165, 1.54) is 0 Å². The molecule has 1 unspecified atom stereocenters. The molecule has 3 aromatic rings. The second kappa shape index (κ2) is 9.90. The van der Waals surface area contributed by atoms with Crippen LogP contribution in [-0.2, 0) is 22.4 Å². The van der Waals surface area contributed by atoms with E-state index >= 15 is 0 Å². The van der Waals surface area contributed by atoms with Gasteiger partial charge < -0.3 is 15.0 Å². The largest absolute Gasteiger partial charge is 0.496 e. The zero-order valence-corrected chi connectivity index (χ0v) is 19.2. The van der Waals surface area contributed by atoms with Crippen LogP contribution >= 0.6 is 0 Å². The zero-order chi connectivity index (χ0) is 23.3. The van der Waals surface area contributed by atoms with E-state index in [4.69, 9.17) is 4.74 Å². The van der Waals surface area contributed by atoms with E-state index in [-0.39, 0.29) is 18.2 Å². The highest BCUT2D eigenvalue weighted by Gasteiger charge is 2.49. The molecule has 4 rings (SSSR count). The monoisotopic (exact) mass is 442 g/mol. The topological polar surface area (TPSA) is 58.6 Å². The van der Waals surface area contributed by atoms with Crippen molar-refractivity contribution >= 4 is 11.8 Å². The number of carbonyl (C=O) groups is 2. The van der Waals surface area contributed by atoms with Gasteiger partial charge in [0.25, 0.3) is 0 Å². The molecule has 33 heavy (non-hydrogen) atoms. The summed E-state index contributed by atoms with van der Waals surface area (Å²) < 4.78 is 5.44. The molecule has 2 amide bonds. The van der Waals surface area contributed by atoms with Gasteiger partial charge in [0.2, 0.25) is 11.8 Å². The van der Waals surface area contributed by atoms with Crippen molar-refractivity contribution in [2.45, 2.75) is 31.2 Å². The molecule has 0 saturated carbocycles. The number of benzene rings is 3. The van der Waals surface area contributed by atoms with Crippen LogP contribution in [0.3, 0.4) is 0 Å². The minimum Gasteiger partial charge on any atom is -0.496 e. The molecule has 1 aliphatic rings. The third-order valence-electron chi connectivity index (χ3n) is 6.56. The van der Waals surface area contributed by atoms with Gasteiger partial charge in [-0.05, 0) is 35.6 Å². The molecule has 0 spiro atoms. The lowest BCUT2D eigenvalue weighted by Crippen LogP contribution is -2.58. The summed E-state index contributed by atoms with van der Waals surface area (Å²) in [6, 6.07) is 25.9. The van der Waals surface area contributed by atoms with E-state index in [1.807, 2.05) is 54.6 Å². The molecule has 1 N–H and O–H groups in total. The molecule has 1 fully saturated rings. The van der Waals surface area contributed by atoms with Crippen LogP contribution in [0.2, 0.25) is 0 Å². The second-order valence-corrected chi connectivity index (χ2v) is 8.45. The predicted molar refractivity (Wildman–Crippen MR) is 130 cm³/mol. The normalized spacial score (nSPS) is 17.6. The molecule has 0 aliphatic carbocycles. The number of amides is 2. The standard InChI is InChI=1S/C28H30N2O3/c1-29-27(32)28(20-23-14-6-8-15-24(23)21-11-4-3-5-12-21)17-10-18-30(28)26(31)19-22-13-7-9-16-25(22)33-2/h3-9,11-16H,10,17-20H2,1-2H3,(H,29,32). The fourth-order valence-corrected chi connectivity index (χ4v) is 4.97. The first-order valence-electron chi connectivity index (χ1n) is 11.4. The van der Waals surface area contributed by atoms with Gasteiger partial charge in [-0.1, -0.05) is 72.8 Å². The van der Waals surface area contributed by atoms with Gasteiger partial charge in [-0.15, -0.1) is 0 Å². The SMILES string of the molecule is CNC(=O)C1(Cc2ccccc2-c2ccccc2)CCCN1C(=O)Cc1ccccc1OC. The van der Waals surface area contributed by atoms with Crippen molar-refractivity contribution in [2.75, 3.05) is 20.7 Å². The molecular formula is C28H30N2O3. The van der Waals surface area contributed by atoms with E-state index in [2.05, 4.69) is 29.6 Å². The molecule has 0 radical (unpaired) electrons. The van der Waals surface area contributed by atoms with Gasteiger partial charge in [-0.2, -0.15) is 0 Å². The van der Waals surface area contributed by atoms with Crippen molar-refractivity contribution in [1.29, 1.82) is 0 Å². The molecule has 1 saturated heterocycles. The summed E-state index contributed by atoms with van der Waals surface area (Å²) in [5, 5.41) is 2.84. The Bertz CT molecular complexity index is 1130. The average Bonchev–Trinajstić information content (AvgIpc) is 3.29. The smallest absolute Gasteiger partial charge is 0.246 e. The molecule has 170 valence electrons. The molecule has 3 aromatic carbocycles. The van der Waals surface area contributed by atoms with Crippen molar-refractivity contribution < 1.29 is 14.3 Å². The van der Waals surface area contributed by atoms with Crippen LogP contribution in [0, 0.1) is 0 Å². The minimum absolute atomic E-state index is 0.0576. The maximum atomic E-state index is 13.6. The van der Waals surface area contributed by atoms with Crippen LogP contribution in [0.15, 0.2) is 78.9 Å². The average molecular weight is 443 g/mol. The van der Waals surface area contributed by atoms with Crippen molar-refractivity contribution in [3.8, 4) is 16.9 Å². The van der Waals surface area contributed by atoms with Crippen LogP contribution in [0.4, 0.5) is 0 Å². The Labute approximate surface area is 195 Å².